The first-order valence-electron chi connectivity index (χ1n) is 19.6. The van der Waals surface area contributed by atoms with Gasteiger partial charge >= 0.3 is 0 Å². The van der Waals surface area contributed by atoms with Crippen molar-refractivity contribution < 1.29 is 39.5 Å². The van der Waals surface area contributed by atoms with Gasteiger partial charge in [-0.05, 0) is 110 Å². The van der Waals surface area contributed by atoms with Crippen LogP contribution in [0.2, 0.25) is 0 Å². The predicted octanol–water partition coefficient (Wildman–Crippen LogP) is 4.30. The molecule has 0 bridgehead atoms. The van der Waals surface area contributed by atoms with E-state index in [-0.39, 0.29) is 17.9 Å². The van der Waals surface area contributed by atoms with Crippen LogP contribution in [0.1, 0.15) is 125 Å². The van der Waals surface area contributed by atoms with E-state index in [9.17, 15) is 30.0 Å². The average molecular weight is 693 g/mol. The van der Waals surface area contributed by atoms with E-state index in [2.05, 4.69) is 45.3 Å². The van der Waals surface area contributed by atoms with E-state index in [0.29, 0.717) is 11.3 Å². The van der Waals surface area contributed by atoms with Gasteiger partial charge in [0, 0.05) is 26.5 Å². The minimum Gasteiger partial charge on any atom is -0.394 e. The van der Waals surface area contributed by atoms with E-state index < -0.39 is 54.7 Å². The number of carbonyl (C=O) groups is 2. The van der Waals surface area contributed by atoms with Gasteiger partial charge in [-0.25, -0.2) is 0 Å². The first-order valence-corrected chi connectivity index (χ1v) is 19.6. The summed E-state index contributed by atoms with van der Waals surface area (Å²) in [6.45, 7) is 12.9. The number of carbonyl (C=O) groups excluding carboxylic acids is 2. The SMILES string of the molecule is CO[C@]1(C(=O)N[C@@H]2CC[C@@]3(C)[C@@H](CC[C@@H]4[C@@H]3CC[C@]3(C)[C@@H]([C@H](C)CCCC(C)C)CC[C@@H]43)C2)CC(O)[C@@H](NC(C)=O)[C@H](C(O)[C@H](O)CO)O1. The quantitative estimate of drug-likeness (QED) is 0.177. The highest BCUT2D eigenvalue weighted by molar-refractivity contribution is 5.84. The third kappa shape index (κ3) is 7.48. The topological polar surface area (TPSA) is 158 Å². The summed E-state index contributed by atoms with van der Waals surface area (Å²) in [5.41, 5.74) is 0.716. The first-order chi connectivity index (χ1) is 23.1. The van der Waals surface area contributed by atoms with Crippen molar-refractivity contribution in [3.63, 3.8) is 0 Å². The number of aliphatic hydroxyl groups is 4. The molecule has 5 rings (SSSR count). The van der Waals surface area contributed by atoms with Gasteiger partial charge in [-0.2, -0.15) is 0 Å². The lowest BCUT2D eigenvalue weighted by molar-refractivity contribution is -0.296. The smallest absolute Gasteiger partial charge is 0.280 e. The van der Waals surface area contributed by atoms with Crippen LogP contribution < -0.4 is 10.6 Å². The molecular weight excluding hydrogens is 624 g/mol. The summed E-state index contributed by atoms with van der Waals surface area (Å²) in [6.07, 6.45) is 8.44. The number of nitrogens with one attached hydrogen (secondary N) is 2. The Morgan fingerprint density at radius 3 is 2.29 bits per heavy atom. The highest BCUT2D eigenvalue weighted by Crippen LogP contribution is 2.68. The van der Waals surface area contributed by atoms with Crippen LogP contribution >= 0.6 is 0 Å². The lowest BCUT2D eigenvalue weighted by Crippen LogP contribution is -2.69. The van der Waals surface area contributed by atoms with Crippen molar-refractivity contribution in [3.8, 4) is 0 Å². The van der Waals surface area contributed by atoms with Crippen molar-refractivity contribution in [2.45, 2.75) is 167 Å². The van der Waals surface area contributed by atoms with Crippen molar-refractivity contribution in [2.24, 2.45) is 52.3 Å². The normalized spacial score (nSPS) is 43.9. The molecule has 4 aliphatic carbocycles. The number of methoxy groups -OCH3 is 1. The largest absolute Gasteiger partial charge is 0.394 e. The van der Waals surface area contributed by atoms with Gasteiger partial charge in [0.05, 0.1) is 18.8 Å². The molecule has 5 fully saturated rings. The number of rotatable bonds is 12. The average Bonchev–Trinajstić information content (AvgIpc) is 3.42. The number of aliphatic hydroxyl groups excluding tert-OH is 4. The summed E-state index contributed by atoms with van der Waals surface area (Å²) in [5.74, 6) is 2.33. The van der Waals surface area contributed by atoms with Crippen LogP contribution in [0.5, 0.6) is 0 Å². The van der Waals surface area contributed by atoms with Crippen LogP contribution in [0.25, 0.3) is 0 Å². The van der Waals surface area contributed by atoms with E-state index >= 15 is 0 Å². The van der Waals surface area contributed by atoms with Crippen molar-refractivity contribution in [3.05, 3.63) is 0 Å². The summed E-state index contributed by atoms with van der Waals surface area (Å²) in [4.78, 5) is 25.9. The maximum Gasteiger partial charge on any atom is 0.280 e. The molecule has 0 aromatic carbocycles. The number of ether oxygens (including phenoxy) is 2. The summed E-state index contributed by atoms with van der Waals surface area (Å²) in [6, 6.07) is -1.19. The third-order valence-electron chi connectivity index (χ3n) is 14.7. The Morgan fingerprint density at radius 1 is 0.939 bits per heavy atom. The zero-order chi connectivity index (χ0) is 35.9. The lowest BCUT2D eigenvalue weighted by atomic mass is 9.44. The zero-order valence-electron chi connectivity index (χ0n) is 31.3. The summed E-state index contributed by atoms with van der Waals surface area (Å²) < 4.78 is 11.7. The van der Waals surface area contributed by atoms with Crippen LogP contribution in [0.4, 0.5) is 0 Å². The Kier molecular flexibility index (Phi) is 12.2. The molecule has 5 aliphatic rings. The number of hydrogen-bond donors (Lipinski definition) is 6. The van der Waals surface area contributed by atoms with Crippen molar-refractivity contribution in [1.29, 1.82) is 0 Å². The molecule has 1 aliphatic heterocycles. The van der Waals surface area contributed by atoms with E-state index in [0.717, 1.165) is 54.8 Å². The molecular formula is C39H68N2O8. The Balaban J connectivity index is 1.24. The van der Waals surface area contributed by atoms with Crippen LogP contribution in [0.3, 0.4) is 0 Å². The van der Waals surface area contributed by atoms with Gasteiger partial charge < -0.3 is 40.5 Å². The second-order valence-corrected chi connectivity index (χ2v) is 17.9. The van der Waals surface area contributed by atoms with Gasteiger partial charge in [-0.15, -0.1) is 0 Å². The van der Waals surface area contributed by atoms with Crippen molar-refractivity contribution in [1.82, 2.24) is 10.6 Å². The molecule has 4 saturated carbocycles. The fraction of sp³-hybridized carbons (Fsp3) is 0.949. The molecule has 0 radical (unpaired) electrons. The highest BCUT2D eigenvalue weighted by Gasteiger charge is 2.61. The minimum atomic E-state index is -1.94. The molecule has 2 amide bonds. The van der Waals surface area contributed by atoms with Gasteiger partial charge in [-0.1, -0.05) is 53.9 Å². The molecule has 15 atom stereocenters. The van der Waals surface area contributed by atoms with E-state index in [1.54, 1.807) is 0 Å². The molecule has 2 unspecified atom stereocenters. The van der Waals surface area contributed by atoms with Crippen LogP contribution in [0.15, 0.2) is 0 Å². The molecule has 10 heteroatoms. The molecule has 1 saturated heterocycles. The summed E-state index contributed by atoms with van der Waals surface area (Å²) >= 11 is 0. The fourth-order valence-electron chi connectivity index (χ4n) is 12.1. The summed E-state index contributed by atoms with van der Waals surface area (Å²) in [5, 5.41) is 47.3. The molecule has 1 heterocycles. The number of fused-ring (bicyclic) bond motifs is 5. The second kappa shape index (κ2) is 15.4. The summed E-state index contributed by atoms with van der Waals surface area (Å²) in [7, 11) is 1.31. The monoisotopic (exact) mass is 692 g/mol. The van der Waals surface area contributed by atoms with Gasteiger partial charge in [0.15, 0.2) is 0 Å². The number of amides is 2. The third-order valence-corrected chi connectivity index (χ3v) is 14.7. The van der Waals surface area contributed by atoms with E-state index in [4.69, 9.17) is 9.47 Å². The van der Waals surface area contributed by atoms with Crippen LogP contribution in [0, 0.1) is 52.3 Å². The van der Waals surface area contributed by atoms with Gasteiger partial charge in [0.1, 0.15) is 18.3 Å². The molecule has 282 valence electrons. The standard InChI is InChI=1S/C39H68N2O8/c1-22(2)9-8-10-23(3)28-13-14-29-27-12-11-25-19-26(15-17-37(25,5)30(27)16-18-38(28,29)6)41-36(47)39(48-7)20-31(44)33(40-24(4)43)35(49-39)34(46)32(45)21-42/h22-23,25-35,42,44-46H,8-21H2,1-7H3,(H,40,43)(H,41,47)/t23-,25+,26-,27+,28-,29+,30+,31?,32-,33-,34?,35-,37+,38-,39-/m1/s1. The van der Waals surface area contributed by atoms with Gasteiger partial charge in [0.25, 0.3) is 11.7 Å². The van der Waals surface area contributed by atoms with Crippen LogP contribution in [-0.4, -0.2) is 88.2 Å². The van der Waals surface area contributed by atoms with E-state index in [1.807, 2.05) is 0 Å². The second-order valence-electron chi connectivity index (χ2n) is 17.9. The molecule has 0 spiro atoms. The number of hydrogen-bond acceptors (Lipinski definition) is 8. The molecule has 0 aromatic heterocycles. The molecule has 6 N–H and O–H groups in total. The van der Waals surface area contributed by atoms with Crippen molar-refractivity contribution in [2.75, 3.05) is 13.7 Å². The Hall–Kier alpha value is -1.30. The van der Waals surface area contributed by atoms with Gasteiger partial charge in [0.2, 0.25) is 5.91 Å². The molecule has 0 aromatic rings. The Morgan fingerprint density at radius 2 is 1.63 bits per heavy atom. The predicted molar refractivity (Wildman–Crippen MR) is 187 cm³/mol. The maximum atomic E-state index is 14.0. The Labute approximate surface area is 294 Å². The zero-order valence-corrected chi connectivity index (χ0v) is 31.3. The fourth-order valence-corrected chi connectivity index (χ4v) is 12.1. The minimum absolute atomic E-state index is 0.0780. The van der Waals surface area contributed by atoms with E-state index in [1.165, 1.54) is 71.8 Å². The lowest BCUT2D eigenvalue weighted by Gasteiger charge is -2.61. The Bertz CT molecular complexity index is 1150. The molecule has 49 heavy (non-hydrogen) atoms. The van der Waals surface area contributed by atoms with Gasteiger partial charge in [-0.3, -0.25) is 9.59 Å². The van der Waals surface area contributed by atoms with Crippen molar-refractivity contribution >= 4 is 11.8 Å². The molecule has 10 nitrogen and oxygen atoms in total. The highest BCUT2D eigenvalue weighted by atomic mass is 16.7. The maximum absolute atomic E-state index is 14.0. The van der Waals surface area contributed by atoms with Crippen LogP contribution in [-0.2, 0) is 19.1 Å². The first kappa shape index (κ1) is 38.9.